The van der Waals surface area contributed by atoms with Crippen LogP contribution < -0.4 is 4.74 Å². The van der Waals surface area contributed by atoms with Gasteiger partial charge in [0.25, 0.3) is 0 Å². The summed E-state index contributed by atoms with van der Waals surface area (Å²) < 4.78 is 21.4. The molecule has 7 heteroatoms. The summed E-state index contributed by atoms with van der Waals surface area (Å²) in [6.07, 6.45) is -0.305. The first-order valence-corrected chi connectivity index (χ1v) is 10.1. The van der Waals surface area contributed by atoms with Crippen LogP contribution in [-0.2, 0) is 12.3 Å². The molecule has 0 fully saturated rings. The average molecular weight is 406 g/mol. The maximum atomic E-state index is 13.3. The average Bonchev–Trinajstić information content (AvgIpc) is 3.06. The van der Waals surface area contributed by atoms with Gasteiger partial charge < -0.3 is 9.30 Å². The number of thioether (sulfide) groups is 1. The van der Waals surface area contributed by atoms with E-state index in [1.165, 1.54) is 23.9 Å². The summed E-state index contributed by atoms with van der Waals surface area (Å²) >= 11 is 7.76. The summed E-state index contributed by atoms with van der Waals surface area (Å²) in [6.45, 7) is 6.66. The maximum absolute atomic E-state index is 13.3. The van der Waals surface area contributed by atoms with Crippen LogP contribution in [0.25, 0.3) is 0 Å². The van der Waals surface area contributed by atoms with Crippen LogP contribution in [0.2, 0.25) is 5.02 Å². The molecule has 0 saturated carbocycles. The van der Waals surface area contributed by atoms with Crippen molar-refractivity contribution in [3.8, 4) is 5.75 Å². The number of ether oxygens (including phenoxy) is 1. The second-order valence-electron chi connectivity index (χ2n) is 6.20. The molecular weight excluding hydrogens is 385 g/mol. The number of rotatable bonds is 7. The van der Waals surface area contributed by atoms with Gasteiger partial charge in [0.15, 0.2) is 17.1 Å². The van der Waals surface area contributed by atoms with Gasteiger partial charge in [0.05, 0.1) is 5.02 Å². The zero-order valence-electron chi connectivity index (χ0n) is 15.4. The summed E-state index contributed by atoms with van der Waals surface area (Å²) in [6, 6.07) is 12.3. The van der Waals surface area contributed by atoms with Crippen molar-refractivity contribution in [1.29, 1.82) is 0 Å². The van der Waals surface area contributed by atoms with Gasteiger partial charge in [-0.3, -0.25) is 0 Å². The van der Waals surface area contributed by atoms with Crippen molar-refractivity contribution in [1.82, 2.24) is 14.8 Å². The number of hydrogen-bond donors (Lipinski definition) is 0. The second kappa shape index (κ2) is 8.76. The van der Waals surface area contributed by atoms with Gasteiger partial charge in [0, 0.05) is 12.3 Å². The van der Waals surface area contributed by atoms with Crippen molar-refractivity contribution in [3.63, 3.8) is 0 Å². The number of halogens is 2. The normalized spacial score (nSPS) is 12.2. The van der Waals surface area contributed by atoms with Gasteiger partial charge >= 0.3 is 0 Å². The quantitative estimate of drug-likeness (QED) is 0.463. The van der Waals surface area contributed by atoms with Crippen LogP contribution in [-0.4, -0.2) is 14.8 Å². The first-order chi connectivity index (χ1) is 13.0. The molecule has 142 valence electrons. The standard InChI is InChI=1S/C20H21ClFN3OS/c1-4-25-19(14(3)26-18-10-13(2)8-9-17(18)21)23-24-20(25)27-12-15-6-5-7-16(22)11-15/h5-11,14H,4,12H2,1-3H3. The van der Waals surface area contributed by atoms with E-state index >= 15 is 0 Å². The fourth-order valence-electron chi connectivity index (χ4n) is 2.72. The third kappa shape index (κ3) is 4.82. The lowest BCUT2D eigenvalue weighted by molar-refractivity contribution is 0.210. The lowest BCUT2D eigenvalue weighted by Crippen LogP contribution is -2.12. The van der Waals surface area contributed by atoms with Gasteiger partial charge in [-0.05, 0) is 56.2 Å². The number of hydrogen-bond acceptors (Lipinski definition) is 4. The highest BCUT2D eigenvalue weighted by Crippen LogP contribution is 2.31. The van der Waals surface area contributed by atoms with E-state index in [2.05, 4.69) is 10.2 Å². The highest BCUT2D eigenvalue weighted by Gasteiger charge is 2.19. The van der Waals surface area contributed by atoms with E-state index in [1.54, 1.807) is 6.07 Å². The molecule has 1 unspecified atom stereocenters. The van der Waals surface area contributed by atoms with Crippen molar-refractivity contribution in [2.24, 2.45) is 0 Å². The summed E-state index contributed by atoms with van der Waals surface area (Å²) in [5, 5.41) is 9.96. The molecule has 0 bridgehead atoms. The Bertz CT molecular complexity index is 931. The Kier molecular flexibility index (Phi) is 6.39. The van der Waals surface area contributed by atoms with Gasteiger partial charge in [0.2, 0.25) is 0 Å². The van der Waals surface area contributed by atoms with E-state index in [0.717, 1.165) is 22.1 Å². The molecule has 0 amide bonds. The highest BCUT2D eigenvalue weighted by atomic mass is 35.5. The zero-order valence-corrected chi connectivity index (χ0v) is 17.0. The monoisotopic (exact) mass is 405 g/mol. The Morgan fingerprint density at radius 2 is 2.04 bits per heavy atom. The molecular formula is C20H21ClFN3OS. The molecule has 27 heavy (non-hydrogen) atoms. The van der Waals surface area contributed by atoms with E-state index in [4.69, 9.17) is 16.3 Å². The van der Waals surface area contributed by atoms with Crippen LogP contribution in [0, 0.1) is 12.7 Å². The molecule has 0 aliphatic carbocycles. The topological polar surface area (TPSA) is 39.9 Å². The predicted molar refractivity (Wildman–Crippen MR) is 107 cm³/mol. The molecule has 0 spiro atoms. The van der Waals surface area contributed by atoms with Gasteiger partial charge in [-0.25, -0.2) is 4.39 Å². The Morgan fingerprint density at radius 1 is 1.22 bits per heavy atom. The Morgan fingerprint density at radius 3 is 2.78 bits per heavy atom. The van der Waals surface area contributed by atoms with Crippen molar-refractivity contribution < 1.29 is 9.13 Å². The molecule has 0 aliphatic rings. The summed E-state index contributed by atoms with van der Waals surface area (Å²) in [7, 11) is 0. The lowest BCUT2D eigenvalue weighted by Gasteiger charge is -2.17. The maximum Gasteiger partial charge on any atom is 0.191 e. The minimum Gasteiger partial charge on any atom is -0.481 e. The van der Waals surface area contributed by atoms with E-state index < -0.39 is 0 Å². The van der Waals surface area contributed by atoms with Crippen molar-refractivity contribution in [2.45, 2.75) is 44.3 Å². The van der Waals surface area contributed by atoms with E-state index in [1.807, 2.05) is 49.6 Å². The van der Waals surface area contributed by atoms with Gasteiger partial charge in [-0.2, -0.15) is 0 Å². The molecule has 2 aromatic carbocycles. The van der Waals surface area contributed by atoms with Crippen LogP contribution in [0.1, 0.15) is 36.9 Å². The van der Waals surface area contributed by atoms with Crippen molar-refractivity contribution >= 4 is 23.4 Å². The molecule has 1 aromatic heterocycles. The number of aryl methyl sites for hydroxylation is 1. The molecule has 4 nitrogen and oxygen atoms in total. The van der Waals surface area contributed by atoms with E-state index in [-0.39, 0.29) is 11.9 Å². The third-order valence-corrected chi connectivity index (χ3v) is 5.42. The largest absolute Gasteiger partial charge is 0.481 e. The Labute approximate surface area is 167 Å². The summed E-state index contributed by atoms with van der Waals surface area (Å²) in [5.74, 6) is 1.75. The minimum absolute atomic E-state index is 0.234. The van der Waals surface area contributed by atoms with E-state index in [9.17, 15) is 4.39 Å². The molecule has 0 aliphatic heterocycles. The highest BCUT2D eigenvalue weighted by molar-refractivity contribution is 7.98. The Balaban J connectivity index is 1.75. The number of benzene rings is 2. The predicted octanol–water partition coefficient (Wildman–Crippen LogP) is 5.83. The fraction of sp³-hybridized carbons (Fsp3) is 0.300. The van der Waals surface area contributed by atoms with Crippen LogP contribution in [0.15, 0.2) is 47.6 Å². The van der Waals surface area contributed by atoms with Crippen LogP contribution in [0.4, 0.5) is 4.39 Å². The first kappa shape index (κ1) is 19.7. The molecule has 3 rings (SSSR count). The van der Waals surface area contributed by atoms with Crippen molar-refractivity contribution in [3.05, 3.63) is 70.3 Å². The first-order valence-electron chi connectivity index (χ1n) is 8.71. The van der Waals surface area contributed by atoms with E-state index in [0.29, 0.717) is 23.1 Å². The van der Waals surface area contributed by atoms with Crippen LogP contribution in [0.5, 0.6) is 5.75 Å². The van der Waals surface area contributed by atoms with Gasteiger partial charge in [-0.1, -0.05) is 41.6 Å². The fourth-order valence-corrected chi connectivity index (χ4v) is 3.84. The Hall–Kier alpha value is -2.05. The van der Waals surface area contributed by atoms with Crippen molar-refractivity contribution in [2.75, 3.05) is 0 Å². The van der Waals surface area contributed by atoms with Gasteiger partial charge in [-0.15, -0.1) is 10.2 Å². The van der Waals surface area contributed by atoms with Gasteiger partial charge in [0.1, 0.15) is 11.6 Å². The molecule has 1 atom stereocenters. The SMILES string of the molecule is CCn1c(SCc2cccc(F)c2)nnc1C(C)Oc1cc(C)ccc1Cl. The minimum atomic E-state index is -0.305. The zero-order chi connectivity index (χ0) is 19.4. The molecule has 0 N–H and O–H groups in total. The summed E-state index contributed by atoms with van der Waals surface area (Å²) in [4.78, 5) is 0. The molecule has 0 saturated heterocycles. The van der Waals surface area contributed by atoms with Crippen LogP contribution in [0.3, 0.4) is 0 Å². The summed E-state index contributed by atoms with van der Waals surface area (Å²) in [5.41, 5.74) is 1.98. The molecule has 1 heterocycles. The number of nitrogens with zero attached hydrogens (tertiary/aromatic N) is 3. The number of aromatic nitrogens is 3. The molecule has 3 aromatic rings. The second-order valence-corrected chi connectivity index (χ2v) is 7.55. The third-order valence-electron chi connectivity index (χ3n) is 4.07. The molecule has 0 radical (unpaired) electrons. The van der Waals surface area contributed by atoms with Crippen LogP contribution >= 0.6 is 23.4 Å². The lowest BCUT2D eigenvalue weighted by atomic mass is 10.2. The smallest absolute Gasteiger partial charge is 0.191 e.